The highest BCUT2D eigenvalue weighted by Crippen LogP contribution is 2.27. The third-order valence-corrected chi connectivity index (χ3v) is 3.69. The molecule has 1 aromatic rings. The average molecular weight is 263 g/mol. The van der Waals surface area contributed by atoms with Gasteiger partial charge < -0.3 is 4.90 Å². The van der Waals surface area contributed by atoms with Crippen LogP contribution in [-0.2, 0) is 10.0 Å². The molecule has 0 aromatic heterocycles. The zero-order valence-corrected chi connectivity index (χ0v) is 11.1. The summed E-state index contributed by atoms with van der Waals surface area (Å²) in [6.07, 6.45) is 0. The Bertz CT molecular complexity index is 472. The van der Waals surface area contributed by atoms with Crippen LogP contribution in [0.3, 0.4) is 0 Å². The highest BCUT2D eigenvalue weighted by atomic mass is 35.5. The largest absolute Gasteiger partial charge is 0.376 e. The summed E-state index contributed by atoms with van der Waals surface area (Å²) >= 11 is 6.02. The lowest BCUT2D eigenvalue weighted by Crippen LogP contribution is -2.15. The number of sulfonamides is 1. The number of rotatable bonds is 4. The lowest BCUT2D eigenvalue weighted by molar-refractivity contribution is 0.602. The maximum absolute atomic E-state index is 11.3. The van der Waals surface area contributed by atoms with Gasteiger partial charge in [0.15, 0.2) is 0 Å². The lowest BCUT2D eigenvalue weighted by atomic mass is 10.3. The number of benzene rings is 1. The Morgan fingerprint density at radius 1 is 1.38 bits per heavy atom. The fourth-order valence-corrected chi connectivity index (χ4v) is 2.16. The fraction of sp³-hybridized carbons (Fsp3) is 0.400. The topological polar surface area (TPSA) is 49.4 Å². The number of nitrogens with one attached hydrogen (secondary N) is 1. The second-order valence-corrected chi connectivity index (χ2v) is 5.98. The van der Waals surface area contributed by atoms with Crippen molar-refractivity contribution in [2.45, 2.75) is 6.92 Å². The Balaban J connectivity index is 2.99. The maximum Gasteiger partial charge on any atom is 0.232 e. The van der Waals surface area contributed by atoms with Crippen molar-refractivity contribution in [2.24, 2.45) is 0 Å². The molecule has 0 atom stereocenters. The van der Waals surface area contributed by atoms with E-state index in [0.29, 0.717) is 10.7 Å². The van der Waals surface area contributed by atoms with E-state index in [2.05, 4.69) is 4.72 Å². The quantitative estimate of drug-likeness (QED) is 0.905. The standard InChI is InChI=1S/C10H15ClN2O2S/c1-4-16(14,15)12-8-5-6-10(13(2)3)9(11)7-8/h5-7,12H,4H2,1-3H3. The van der Waals surface area contributed by atoms with Crippen molar-refractivity contribution < 1.29 is 8.42 Å². The number of halogens is 1. The van der Waals surface area contributed by atoms with Crippen LogP contribution in [0, 0.1) is 0 Å². The summed E-state index contributed by atoms with van der Waals surface area (Å²) in [5.41, 5.74) is 1.33. The van der Waals surface area contributed by atoms with Gasteiger partial charge in [0.25, 0.3) is 0 Å². The second-order valence-electron chi connectivity index (χ2n) is 3.57. The van der Waals surface area contributed by atoms with Crippen molar-refractivity contribution in [2.75, 3.05) is 29.5 Å². The summed E-state index contributed by atoms with van der Waals surface area (Å²) < 4.78 is 25.1. The molecule has 0 aliphatic carbocycles. The normalized spacial score (nSPS) is 11.2. The second kappa shape index (κ2) is 4.93. The molecule has 0 unspecified atom stereocenters. The molecule has 0 heterocycles. The summed E-state index contributed by atoms with van der Waals surface area (Å²) in [6, 6.07) is 5.06. The lowest BCUT2D eigenvalue weighted by Gasteiger charge is -2.15. The zero-order chi connectivity index (χ0) is 12.3. The van der Waals surface area contributed by atoms with Crippen LogP contribution in [0.2, 0.25) is 5.02 Å². The van der Waals surface area contributed by atoms with Crippen LogP contribution in [0.25, 0.3) is 0 Å². The minimum Gasteiger partial charge on any atom is -0.376 e. The number of anilines is 2. The monoisotopic (exact) mass is 262 g/mol. The van der Waals surface area contributed by atoms with Crippen LogP contribution in [0.5, 0.6) is 0 Å². The Labute approximate surface area is 101 Å². The molecule has 1 rings (SSSR count). The van der Waals surface area contributed by atoms with Gasteiger partial charge in [-0.05, 0) is 25.1 Å². The van der Waals surface area contributed by atoms with Crippen molar-refractivity contribution >= 4 is 33.0 Å². The summed E-state index contributed by atoms with van der Waals surface area (Å²) in [5.74, 6) is 0.0417. The van der Waals surface area contributed by atoms with Gasteiger partial charge >= 0.3 is 0 Å². The van der Waals surface area contributed by atoms with Gasteiger partial charge in [-0.3, -0.25) is 4.72 Å². The van der Waals surface area contributed by atoms with Gasteiger partial charge in [0.2, 0.25) is 10.0 Å². The Kier molecular flexibility index (Phi) is 4.04. The summed E-state index contributed by atoms with van der Waals surface area (Å²) in [4.78, 5) is 1.86. The van der Waals surface area contributed by atoms with E-state index in [0.717, 1.165) is 5.69 Å². The smallest absolute Gasteiger partial charge is 0.232 e. The van der Waals surface area contributed by atoms with E-state index >= 15 is 0 Å². The molecule has 0 aliphatic heterocycles. The van der Waals surface area contributed by atoms with E-state index in [4.69, 9.17) is 11.6 Å². The molecule has 0 amide bonds. The SMILES string of the molecule is CCS(=O)(=O)Nc1ccc(N(C)C)c(Cl)c1. The van der Waals surface area contributed by atoms with E-state index in [-0.39, 0.29) is 5.75 Å². The van der Waals surface area contributed by atoms with E-state index in [1.165, 1.54) is 0 Å². The molecule has 0 bridgehead atoms. The Morgan fingerprint density at radius 3 is 2.44 bits per heavy atom. The van der Waals surface area contributed by atoms with Crippen molar-refractivity contribution in [3.8, 4) is 0 Å². The number of nitrogens with zero attached hydrogens (tertiary/aromatic N) is 1. The van der Waals surface area contributed by atoms with Gasteiger partial charge in [-0.15, -0.1) is 0 Å². The summed E-state index contributed by atoms with van der Waals surface area (Å²) in [6.45, 7) is 1.58. The Hall–Kier alpha value is -0.940. The average Bonchev–Trinajstić information content (AvgIpc) is 2.16. The summed E-state index contributed by atoms with van der Waals surface area (Å²) in [7, 11) is 0.500. The number of hydrogen-bond donors (Lipinski definition) is 1. The van der Waals surface area contributed by atoms with E-state index in [1.807, 2.05) is 19.0 Å². The molecular formula is C10H15ClN2O2S. The minimum absolute atomic E-state index is 0.0417. The molecule has 0 fully saturated rings. The van der Waals surface area contributed by atoms with Crippen LogP contribution in [0.15, 0.2) is 18.2 Å². The van der Waals surface area contributed by atoms with Gasteiger partial charge in [-0.2, -0.15) is 0 Å². The first-order chi connectivity index (χ1) is 7.35. The minimum atomic E-state index is -3.24. The van der Waals surface area contributed by atoms with Crippen molar-refractivity contribution in [3.63, 3.8) is 0 Å². The highest BCUT2D eigenvalue weighted by molar-refractivity contribution is 7.92. The fourth-order valence-electron chi connectivity index (χ4n) is 1.18. The molecule has 90 valence electrons. The predicted molar refractivity (Wildman–Crippen MR) is 68.9 cm³/mol. The molecule has 0 spiro atoms. The Morgan fingerprint density at radius 2 is 2.00 bits per heavy atom. The molecule has 6 heteroatoms. The van der Waals surface area contributed by atoms with Crippen LogP contribution >= 0.6 is 11.6 Å². The molecule has 0 saturated carbocycles. The predicted octanol–water partition coefficient (Wildman–Crippen LogP) is 2.17. The van der Waals surface area contributed by atoms with Crippen LogP contribution < -0.4 is 9.62 Å². The molecule has 4 nitrogen and oxygen atoms in total. The van der Waals surface area contributed by atoms with Gasteiger partial charge in [-0.1, -0.05) is 11.6 Å². The third-order valence-electron chi connectivity index (χ3n) is 2.08. The number of hydrogen-bond acceptors (Lipinski definition) is 3. The first kappa shape index (κ1) is 13.1. The van der Waals surface area contributed by atoms with Crippen molar-refractivity contribution in [3.05, 3.63) is 23.2 Å². The molecule has 1 N–H and O–H groups in total. The molecule has 0 aliphatic rings. The zero-order valence-electron chi connectivity index (χ0n) is 9.49. The van der Waals surface area contributed by atoms with E-state index < -0.39 is 10.0 Å². The first-order valence-corrected chi connectivity index (χ1v) is 6.86. The van der Waals surface area contributed by atoms with Gasteiger partial charge in [0.05, 0.1) is 22.2 Å². The van der Waals surface area contributed by atoms with Crippen LogP contribution in [0.4, 0.5) is 11.4 Å². The molecule has 0 radical (unpaired) electrons. The van der Waals surface area contributed by atoms with Gasteiger partial charge in [0.1, 0.15) is 0 Å². The maximum atomic E-state index is 11.3. The van der Waals surface area contributed by atoms with Crippen LogP contribution in [0.1, 0.15) is 6.92 Å². The van der Waals surface area contributed by atoms with E-state index in [9.17, 15) is 8.42 Å². The molecule has 0 saturated heterocycles. The van der Waals surface area contributed by atoms with Crippen molar-refractivity contribution in [1.82, 2.24) is 0 Å². The molecular weight excluding hydrogens is 248 g/mol. The van der Waals surface area contributed by atoms with Crippen molar-refractivity contribution in [1.29, 1.82) is 0 Å². The van der Waals surface area contributed by atoms with Gasteiger partial charge in [-0.25, -0.2) is 8.42 Å². The van der Waals surface area contributed by atoms with Gasteiger partial charge in [0, 0.05) is 14.1 Å². The molecule has 1 aromatic carbocycles. The summed E-state index contributed by atoms with van der Waals surface area (Å²) in [5, 5.41) is 0.515. The van der Waals surface area contributed by atoms with Crippen LogP contribution in [-0.4, -0.2) is 28.3 Å². The highest BCUT2D eigenvalue weighted by Gasteiger charge is 2.09. The molecule has 16 heavy (non-hydrogen) atoms. The first-order valence-electron chi connectivity index (χ1n) is 4.83. The third kappa shape index (κ3) is 3.28. The van der Waals surface area contributed by atoms with E-state index in [1.54, 1.807) is 25.1 Å².